The largest absolute Gasteiger partial charge is 0.465 e. The third-order valence-corrected chi connectivity index (χ3v) is 7.81. The highest BCUT2D eigenvalue weighted by atomic mass is 79.9. The maximum atomic E-state index is 12.7. The molecule has 0 saturated carbocycles. The van der Waals surface area contributed by atoms with Crippen LogP contribution in [0.5, 0.6) is 0 Å². The van der Waals surface area contributed by atoms with Crippen molar-refractivity contribution in [2.24, 2.45) is 0 Å². The molecular weight excluding hydrogens is 461 g/mol. The molecule has 0 aliphatic rings. The monoisotopic (exact) mass is 471 g/mol. The van der Waals surface area contributed by atoms with E-state index in [-0.39, 0.29) is 24.6 Å². The Kier molecular flexibility index (Phi) is 6.69. The molecule has 0 aliphatic carbocycles. The zero-order chi connectivity index (χ0) is 17.9. The highest BCUT2D eigenvalue weighted by Gasteiger charge is 2.32. The standard InChI is InChI=1S/C14H12BrCl2NO4S2/c1-2-22-14(19)10(8-6-4-3-5-7-8)18-24(20,21)11-9(15)12(16)23-13(11)17/h3-7,10,18H,2H2,1H3. The van der Waals surface area contributed by atoms with E-state index in [4.69, 9.17) is 27.9 Å². The SMILES string of the molecule is CCOC(=O)C(NS(=O)(=O)c1c(Cl)sc(Cl)c1Br)c1ccccc1. The lowest BCUT2D eigenvalue weighted by Crippen LogP contribution is -2.35. The summed E-state index contributed by atoms with van der Waals surface area (Å²) in [6, 6.07) is 7.20. The third-order valence-electron chi connectivity index (χ3n) is 2.93. The molecule has 1 aromatic heterocycles. The number of hydrogen-bond acceptors (Lipinski definition) is 5. The van der Waals surface area contributed by atoms with Crippen molar-refractivity contribution >= 4 is 66.5 Å². The van der Waals surface area contributed by atoms with Crippen molar-refractivity contribution in [3.05, 3.63) is 49.0 Å². The number of hydrogen-bond donors (Lipinski definition) is 1. The first-order chi connectivity index (χ1) is 11.3. The molecule has 0 aliphatic heterocycles. The van der Waals surface area contributed by atoms with Crippen LogP contribution in [0.15, 0.2) is 39.7 Å². The predicted molar refractivity (Wildman–Crippen MR) is 98.2 cm³/mol. The molecule has 0 amide bonds. The van der Waals surface area contributed by atoms with E-state index in [0.29, 0.717) is 5.56 Å². The number of ether oxygens (including phenoxy) is 1. The molecule has 0 spiro atoms. The van der Waals surface area contributed by atoms with E-state index >= 15 is 0 Å². The van der Waals surface area contributed by atoms with Crippen LogP contribution in [-0.4, -0.2) is 21.0 Å². The van der Waals surface area contributed by atoms with Gasteiger partial charge in [0.25, 0.3) is 0 Å². The van der Waals surface area contributed by atoms with E-state index in [1.807, 2.05) is 0 Å². The fraction of sp³-hybridized carbons (Fsp3) is 0.214. The van der Waals surface area contributed by atoms with Crippen LogP contribution in [0.1, 0.15) is 18.5 Å². The molecule has 24 heavy (non-hydrogen) atoms. The molecule has 1 N–H and O–H groups in total. The number of esters is 1. The number of rotatable bonds is 6. The van der Waals surface area contributed by atoms with Crippen molar-refractivity contribution in [2.45, 2.75) is 17.9 Å². The van der Waals surface area contributed by atoms with Crippen LogP contribution in [0.4, 0.5) is 0 Å². The van der Waals surface area contributed by atoms with E-state index in [0.717, 1.165) is 11.3 Å². The normalized spacial score (nSPS) is 12.8. The molecule has 0 bridgehead atoms. The average Bonchev–Trinajstić information content (AvgIpc) is 2.79. The van der Waals surface area contributed by atoms with E-state index in [2.05, 4.69) is 20.7 Å². The second-order valence-corrected chi connectivity index (χ2v) is 9.18. The van der Waals surface area contributed by atoms with E-state index in [1.54, 1.807) is 37.3 Å². The first-order valence-electron chi connectivity index (χ1n) is 6.65. The van der Waals surface area contributed by atoms with Gasteiger partial charge in [-0.05, 0) is 28.4 Å². The van der Waals surface area contributed by atoms with E-state index in [9.17, 15) is 13.2 Å². The number of sulfonamides is 1. The minimum Gasteiger partial charge on any atom is -0.465 e. The fourth-order valence-corrected chi connectivity index (χ4v) is 6.64. The molecule has 2 rings (SSSR count). The minimum absolute atomic E-state index is 0.00459. The van der Waals surface area contributed by atoms with Gasteiger partial charge in [-0.2, -0.15) is 4.72 Å². The third kappa shape index (κ3) is 4.30. The molecule has 1 aromatic carbocycles. The number of halogens is 3. The van der Waals surface area contributed by atoms with Gasteiger partial charge in [-0.25, -0.2) is 13.2 Å². The van der Waals surface area contributed by atoms with E-state index < -0.39 is 22.0 Å². The first-order valence-corrected chi connectivity index (χ1v) is 10.5. The topological polar surface area (TPSA) is 72.5 Å². The van der Waals surface area contributed by atoms with Gasteiger partial charge in [-0.1, -0.05) is 53.5 Å². The molecule has 10 heteroatoms. The number of nitrogens with one attached hydrogen (secondary N) is 1. The molecule has 5 nitrogen and oxygen atoms in total. The quantitative estimate of drug-likeness (QED) is 0.632. The van der Waals surface area contributed by atoms with Gasteiger partial charge in [0.15, 0.2) is 0 Å². The van der Waals surface area contributed by atoms with Gasteiger partial charge in [-0.3, -0.25) is 0 Å². The van der Waals surface area contributed by atoms with Gasteiger partial charge in [0, 0.05) is 0 Å². The Morgan fingerprint density at radius 3 is 2.42 bits per heavy atom. The Morgan fingerprint density at radius 2 is 1.92 bits per heavy atom. The Labute approximate surface area is 162 Å². The first kappa shape index (κ1) is 19.7. The summed E-state index contributed by atoms with van der Waals surface area (Å²) >= 11 is 15.9. The van der Waals surface area contributed by atoms with Gasteiger partial charge in [0.05, 0.1) is 11.1 Å². The Bertz CT molecular complexity index is 840. The Balaban J connectivity index is 2.43. The van der Waals surface area contributed by atoms with Gasteiger partial charge in [-0.15, -0.1) is 11.3 Å². The van der Waals surface area contributed by atoms with Crippen LogP contribution >= 0.6 is 50.5 Å². The van der Waals surface area contributed by atoms with Crippen LogP contribution in [0.3, 0.4) is 0 Å². The summed E-state index contributed by atoms with van der Waals surface area (Å²) in [6.45, 7) is 1.76. The van der Waals surface area contributed by atoms with Crippen LogP contribution in [-0.2, 0) is 19.6 Å². The lowest BCUT2D eigenvalue weighted by molar-refractivity contribution is -0.145. The van der Waals surface area contributed by atoms with Crippen LogP contribution in [0, 0.1) is 0 Å². The highest BCUT2D eigenvalue weighted by Crippen LogP contribution is 2.43. The summed E-state index contributed by atoms with van der Waals surface area (Å²) in [5.41, 5.74) is 0.452. The molecule has 0 fully saturated rings. The lowest BCUT2D eigenvalue weighted by Gasteiger charge is -2.17. The number of benzene rings is 1. The molecule has 0 saturated heterocycles. The van der Waals surface area contributed by atoms with Crippen molar-refractivity contribution in [2.75, 3.05) is 6.61 Å². The smallest absolute Gasteiger partial charge is 0.328 e. The molecule has 130 valence electrons. The summed E-state index contributed by atoms with van der Waals surface area (Å²) < 4.78 is 33.0. The van der Waals surface area contributed by atoms with Crippen molar-refractivity contribution in [3.8, 4) is 0 Å². The second-order valence-electron chi connectivity index (χ2n) is 4.51. The summed E-state index contributed by atoms with van der Waals surface area (Å²) in [4.78, 5) is 12.0. The summed E-state index contributed by atoms with van der Waals surface area (Å²) in [5, 5.41) is 0. The van der Waals surface area contributed by atoms with Gasteiger partial charge in [0.1, 0.15) is 19.6 Å². The number of carbonyl (C=O) groups excluding carboxylic acids is 1. The summed E-state index contributed by atoms with van der Waals surface area (Å²) in [5.74, 6) is -0.708. The lowest BCUT2D eigenvalue weighted by atomic mass is 10.1. The molecule has 2 aromatic rings. The highest BCUT2D eigenvalue weighted by molar-refractivity contribution is 9.10. The zero-order valence-corrected chi connectivity index (χ0v) is 17.0. The zero-order valence-electron chi connectivity index (χ0n) is 12.3. The number of thiophene rings is 1. The van der Waals surface area contributed by atoms with Crippen LogP contribution in [0.2, 0.25) is 8.67 Å². The van der Waals surface area contributed by atoms with Crippen molar-refractivity contribution in [1.82, 2.24) is 4.72 Å². The van der Waals surface area contributed by atoms with Crippen molar-refractivity contribution in [3.63, 3.8) is 0 Å². The van der Waals surface area contributed by atoms with Gasteiger partial charge >= 0.3 is 5.97 Å². The van der Waals surface area contributed by atoms with Crippen LogP contribution in [0.25, 0.3) is 0 Å². The molecule has 1 heterocycles. The second kappa shape index (κ2) is 8.16. The minimum atomic E-state index is -4.12. The molecule has 1 atom stereocenters. The maximum absolute atomic E-state index is 12.7. The van der Waals surface area contributed by atoms with Crippen LogP contribution < -0.4 is 4.72 Å². The fourth-order valence-electron chi connectivity index (χ4n) is 1.91. The average molecular weight is 473 g/mol. The maximum Gasteiger partial charge on any atom is 0.328 e. The summed E-state index contributed by atoms with van der Waals surface area (Å²) in [7, 11) is -4.12. The summed E-state index contributed by atoms with van der Waals surface area (Å²) in [6.07, 6.45) is 0. The molecule has 1 unspecified atom stereocenters. The molecule has 0 radical (unpaired) electrons. The van der Waals surface area contributed by atoms with E-state index in [1.165, 1.54) is 0 Å². The molecular formula is C14H12BrCl2NO4S2. The Hall–Kier alpha value is -0.640. The number of carbonyl (C=O) groups is 1. The van der Waals surface area contributed by atoms with Gasteiger partial charge < -0.3 is 4.74 Å². The van der Waals surface area contributed by atoms with Gasteiger partial charge in [0.2, 0.25) is 10.0 Å². The Morgan fingerprint density at radius 1 is 1.29 bits per heavy atom. The van der Waals surface area contributed by atoms with Crippen molar-refractivity contribution < 1.29 is 17.9 Å². The predicted octanol–water partition coefficient (Wildman–Crippen LogP) is 4.40. The van der Waals surface area contributed by atoms with Crippen molar-refractivity contribution in [1.29, 1.82) is 0 Å².